The predicted octanol–water partition coefficient (Wildman–Crippen LogP) is 4.19. The highest BCUT2D eigenvalue weighted by atomic mass is 79.9. The number of nitrogens with two attached hydrogens (primary N) is 1. The standard InChI is InChI=1S/C16H17BrClNO/c1-10-6-7-12(14(17)8-10)16(20)13(9-19)11-4-2-3-5-15(11)18/h2-8,13,16,20H,9,19H2,1H3. The first-order chi connectivity index (χ1) is 9.54. The van der Waals surface area contributed by atoms with Gasteiger partial charge in [-0.25, -0.2) is 0 Å². The first kappa shape index (κ1) is 15.5. The Hall–Kier alpha value is -0.870. The number of aliphatic hydroxyl groups is 1. The number of aryl methyl sites for hydroxylation is 1. The van der Waals surface area contributed by atoms with Crippen molar-refractivity contribution >= 4 is 27.5 Å². The van der Waals surface area contributed by atoms with Crippen molar-refractivity contribution in [2.75, 3.05) is 6.54 Å². The number of hydrogen-bond donors (Lipinski definition) is 2. The smallest absolute Gasteiger partial charge is 0.0882 e. The maximum Gasteiger partial charge on any atom is 0.0882 e. The van der Waals surface area contributed by atoms with Gasteiger partial charge in [0.1, 0.15) is 0 Å². The summed E-state index contributed by atoms with van der Waals surface area (Å²) in [6.07, 6.45) is -0.699. The lowest BCUT2D eigenvalue weighted by Gasteiger charge is -2.24. The molecule has 0 saturated heterocycles. The SMILES string of the molecule is Cc1ccc(C(O)C(CN)c2ccccc2Cl)c(Br)c1. The molecule has 20 heavy (non-hydrogen) atoms. The number of hydrogen-bond acceptors (Lipinski definition) is 2. The van der Waals surface area contributed by atoms with Crippen LogP contribution in [0.3, 0.4) is 0 Å². The summed E-state index contributed by atoms with van der Waals surface area (Å²) >= 11 is 9.72. The normalized spacial score (nSPS) is 14.1. The number of aliphatic hydroxyl groups excluding tert-OH is 1. The van der Waals surface area contributed by atoms with Crippen molar-refractivity contribution < 1.29 is 5.11 Å². The number of rotatable bonds is 4. The van der Waals surface area contributed by atoms with Crippen molar-refractivity contribution in [2.24, 2.45) is 5.73 Å². The molecule has 2 nitrogen and oxygen atoms in total. The van der Waals surface area contributed by atoms with E-state index in [0.29, 0.717) is 11.6 Å². The fourth-order valence-corrected chi connectivity index (χ4v) is 3.29. The van der Waals surface area contributed by atoms with E-state index in [4.69, 9.17) is 17.3 Å². The lowest BCUT2D eigenvalue weighted by atomic mass is 9.89. The molecule has 106 valence electrons. The molecule has 0 aliphatic rings. The molecule has 0 aromatic heterocycles. The van der Waals surface area contributed by atoms with Crippen molar-refractivity contribution in [1.82, 2.24) is 0 Å². The molecular weight excluding hydrogens is 338 g/mol. The molecule has 0 bridgehead atoms. The van der Waals surface area contributed by atoms with E-state index in [1.54, 1.807) is 0 Å². The van der Waals surface area contributed by atoms with Gasteiger partial charge in [-0.2, -0.15) is 0 Å². The van der Waals surface area contributed by atoms with Gasteiger partial charge in [0.05, 0.1) is 6.10 Å². The molecular formula is C16H17BrClNO. The minimum Gasteiger partial charge on any atom is -0.388 e. The molecule has 2 aromatic rings. The molecule has 0 aliphatic heterocycles. The summed E-state index contributed by atoms with van der Waals surface area (Å²) in [5.41, 5.74) is 8.69. The number of halogens is 2. The Bertz CT molecular complexity index is 603. The number of benzene rings is 2. The van der Waals surface area contributed by atoms with Gasteiger partial charge in [0.25, 0.3) is 0 Å². The maximum atomic E-state index is 10.7. The van der Waals surface area contributed by atoms with E-state index in [1.165, 1.54) is 0 Å². The Morgan fingerprint density at radius 1 is 1.20 bits per heavy atom. The van der Waals surface area contributed by atoms with Crippen LogP contribution in [0, 0.1) is 6.92 Å². The molecule has 2 atom stereocenters. The summed E-state index contributed by atoms with van der Waals surface area (Å²) in [6.45, 7) is 2.33. The van der Waals surface area contributed by atoms with Crippen LogP contribution in [0.25, 0.3) is 0 Å². The third kappa shape index (κ3) is 3.23. The summed E-state index contributed by atoms with van der Waals surface area (Å²) in [7, 11) is 0. The molecule has 2 unspecified atom stereocenters. The van der Waals surface area contributed by atoms with E-state index in [-0.39, 0.29) is 5.92 Å². The molecule has 0 spiro atoms. The predicted molar refractivity (Wildman–Crippen MR) is 87.1 cm³/mol. The van der Waals surface area contributed by atoms with Gasteiger partial charge < -0.3 is 10.8 Å². The van der Waals surface area contributed by atoms with E-state index in [1.807, 2.05) is 49.4 Å². The second kappa shape index (κ2) is 6.72. The van der Waals surface area contributed by atoms with Crippen LogP contribution < -0.4 is 5.73 Å². The van der Waals surface area contributed by atoms with Gasteiger partial charge in [-0.1, -0.05) is 57.9 Å². The Kier molecular flexibility index (Phi) is 5.22. The van der Waals surface area contributed by atoms with Gasteiger partial charge >= 0.3 is 0 Å². The van der Waals surface area contributed by atoms with E-state index in [0.717, 1.165) is 21.2 Å². The molecule has 2 aromatic carbocycles. The van der Waals surface area contributed by atoms with E-state index < -0.39 is 6.10 Å². The van der Waals surface area contributed by atoms with E-state index in [2.05, 4.69) is 15.9 Å². The second-order valence-electron chi connectivity index (χ2n) is 4.83. The van der Waals surface area contributed by atoms with E-state index >= 15 is 0 Å². The summed E-state index contributed by atoms with van der Waals surface area (Å²) in [5.74, 6) is -0.234. The van der Waals surface area contributed by atoms with Crippen LogP contribution in [0.1, 0.15) is 28.7 Å². The Balaban J connectivity index is 2.39. The van der Waals surface area contributed by atoms with Gasteiger partial charge in [0.15, 0.2) is 0 Å². The molecule has 4 heteroatoms. The third-order valence-electron chi connectivity index (χ3n) is 3.41. The summed E-state index contributed by atoms with van der Waals surface area (Å²) in [4.78, 5) is 0. The fraction of sp³-hybridized carbons (Fsp3) is 0.250. The Labute approximate surface area is 132 Å². The van der Waals surface area contributed by atoms with Gasteiger partial charge in [-0.3, -0.25) is 0 Å². The van der Waals surface area contributed by atoms with Crippen molar-refractivity contribution in [1.29, 1.82) is 0 Å². The molecule has 0 saturated carbocycles. The summed E-state index contributed by atoms with van der Waals surface area (Å²) < 4.78 is 0.885. The third-order valence-corrected chi connectivity index (χ3v) is 4.45. The van der Waals surface area contributed by atoms with Gasteiger partial charge in [0, 0.05) is 22.0 Å². The minimum atomic E-state index is -0.699. The summed E-state index contributed by atoms with van der Waals surface area (Å²) in [5, 5.41) is 11.3. The van der Waals surface area contributed by atoms with Crippen LogP contribution in [0.2, 0.25) is 5.02 Å². The second-order valence-corrected chi connectivity index (χ2v) is 6.10. The highest BCUT2D eigenvalue weighted by Crippen LogP contribution is 2.37. The lowest BCUT2D eigenvalue weighted by Crippen LogP contribution is -2.20. The van der Waals surface area contributed by atoms with Crippen molar-refractivity contribution in [3.63, 3.8) is 0 Å². The highest BCUT2D eigenvalue weighted by Gasteiger charge is 2.24. The lowest BCUT2D eigenvalue weighted by molar-refractivity contribution is 0.146. The van der Waals surface area contributed by atoms with Crippen LogP contribution in [-0.2, 0) is 0 Å². The van der Waals surface area contributed by atoms with Crippen LogP contribution in [0.4, 0.5) is 0 Å². The first-order valence-corrected chi connectivity index (χ1v) is 7.60. The van der Waals surface area contributed by atoms with Crippen LogP contribution in [0.5, 0.6) is 0 Å². The van der Waals surface area contributed by atoms with Crippen molar-refractivity contribution in [3.8, 4) is 0 Å². The van der Waals surface area contributed by atoms with Crippen LogP contribution >= 0.6 is 27.5 Å². The van der Waals surface area contributed by atoms with Crippen LogP contribution in [-0.4, -0.2) is 11.7 Å². The van der Waals surface area contributed by atoms with Gasteiger partial charge in [-0.15, -0.1) is 0 Å². The molecule has 0 amide bonds. The van der Waals surface area contributed by atoms with Crippen molar-refractivity contribution in [2.45, 2.75) is 18.9 Å². The molecule has 2 rings (SSSR count). The summed E-state index contributed by atoms with van der Waals surface area (Å²) in [6, 6.07) is 13.4. The highest BCUT2D eigenvalue weighted by molar-refractivity contribution is 9.10. The van der Waals surface area contributed by atoms with E-state index in [9.17, 15) is 5.11 Å². The average molecular weight is 355 g/mol. The molecule has 0 heterocycles. The fourth-order valence-electron chi connectivity index (χ4n) is 2.29. The topological polar surface area (TPSA) is 46.2 Å². The first-order valence-electron chi connectivity index (χ1n) is 6.43. The average Bonchev–Trinajstić information content (AvgIpc) is 2.41. The quantitative estimate of drug-likeness (QED) is 0.865. The zero-order valence-electron chi connectivity index (χ0n) is 11.2. The largest absolute Gasteiger partial charge is 0.388 e. The van der Waals surface area contributed by atoms with Crippen LogP contribution in [0.15, 0.2) is 46.9 Å². The Morgan fingerprint density at radius 2 is 1.90 bits per heavy atom. The van der Waals surface area contributed by atoms with Crippen molar-refractivity contribution in [3.05, 3.63) is 68.7 Å². The molecule has 0 fully saturated rings. The monoisotopic (exact) mass is 353 g/mol. The molecule has 3 N–H and O–H groups in total. The maximum absolute atomic E-state index is 10.7. The van der Waals surface area contributed by atoms with Gasteiger partial charge in [0.2, 0.25) is 0 Å². The van der Waals surface area contributed by atoms with Gasteiger partial charge in [-0.05, 0) is 35.7 Å². The molecule has 0 aliphatic carbocycles. The molecule has 0 radical (unpaired) electrons. The zero-order valence-corrected chi connectivity index (χ0v) is 13.5. The Morgan fingerprint density at radius 3 is 2.50 bits per heavy atom. The zero-order chi connectivity index (χ0) is 14.7. The minimum absolute atomic E-state index is 0.234.